The van der Waals surface area contributed by atoms with Crippen LogP contribution in [0.5, 0.6) is 0 Å². The Morgan fingerprint density at radius 1 is 1.00 bits per heavy atom. The largest absolute Gasteiger partial charge is 0.236 e. The lowest BCUT2D eigenvalue weighted by molar-refractivity contribution is 1.19. The van der Waals surface area contributed by atoms with Crippen molar-refractivity contribution >= 4 is 23.8 Å². The lowest BCUT2D eigenvalue weighted by Gasteiger charge is -2.01. The molecule has 4 heteroatoms. The minimum atomic E-state index is 0.775. The predicted molar refractivity (Wildman–Crippen MR) is 70.2 cm³/mol. The zero-order chi connectivity index (χ0) is 10.7. The third kappa shape index (κ3) is 2.59. The van der Waals surface area contributed by atoms with Crippen molar-refractivity contribution in [3.05, 3.63) is 42.2 Å². The van der Waals surface area contributed by atoms with E-state index in [1.807, 2.05) is 0 Å². The van der Waals surface area contributed by atoms with Crippen LogP contribution in [0.15, 0.2) is 36.7 Å². The van der Waals surface area contributed by atoms with E-state index in [1.165, 1.54) is 5.56 Å². The molecule has 0 aliphatic heterocycles. The molecule has 0 aliphatic rings. The second-order valence-corrected chi connectivity index (χ2v) is 4.32. The molecular formula is C11H12N2P2. The molecule has 76 valence electrons. The lowest BCUT2D eigenvalue weighted by Crippen LogP contribution is -1.96. The molecule has 15 heavy (non-hydrogen) atoms. The predicted octanol–water partition coefficient (Wildman–Crippen LogP) is 2.02. The average Bonchev–Trinajstić information content (AvgIpc) is 2.30. The van der Waals surface area contributed by atoms with Gasteiger partial charge in [-0.25, -0.2) is 9.97 Å². The summed E-state index contributed by atoms with van der Waals surface area (Å²) in [5.41, 5.74) is 2.36. The summed E-state index contributed by atoms with van der Waals surface area (Å²) in [6.45, 7) is 0. The molecule has 0 aliphatic carbocycles. The van der Waals surface area contributed by atoms with Crippen molar-refractivity contribution in [2.45, 2.75) is 6.16 Å². The molecule has 0 N–H and O–H groups in total. The van der Waals surface area contributed by atoms with E-state index >= 15 is 0 Å². The second-order valence-electron chi connectivity index (χ2n) is 3.24. The molecule has 0 radical (unpaired) electrons. The van der Waals surface area contributed by atoms with E-state index in [2.05, 4.69) is 52.7 Å². The fourth-order valence-electron chi connectivity index (χ4n) is 1.28. The van der Waals surface area contributed by atoms with Crippen molar-refractivity contribution < 1.29 is 0 Å². The Hall–Kier alpha value is -0.840. The summed E-state index contributed by atoms with van der Waals surface area (Å²) in [4.78, 5) is 8.53. The average molecular weight is 234 g/mol. The highest BCUT2D eigenvalue weighted by atomic mass is 31.0. The maximum absolute atomic E-state index is 4.27. The van der Waals surface area contributed by atoms with Crippen molar-refractivity contribution in [3.8, 4) is 11.4 Å². The molecule has 0 amide bonds. The van der Waals surface area contributed by atoms with Gasteiger partial charge in [0.1, 0.15) is 0 Å². The van der Waals surface area contributed by atoms with Crippen LogP contribution in [0.1, 0.15) is 5.56 Å². The summed E-state index contributed by atoms with van der Waals surface area (Å²) < 4.78 is 0. The number of aromatic nitrogens is 2. The lowest BCUT2D eigenvalue weighted by atomic mass is 10.1. The van der Waals surface area contributed by atoms with Crippen molar-refractivity contribution in [2.24, 2.45) is 0 Å². The molecule has 0 saturated heterocycles. The highest BCUT2D eigenvalue weighted by molar-refractivity contribution is 7.27. The van der Waals surface area contributed by atoms with Crippen molar-refractivity contribution in [1.29, 1.82) is 0 Å². The van der Waals surface area contributed by atoms with Gasteiger partial charge in [-0.3, -0.25) is 0 Å². The van der Waals surface area contributed by atoms with E-state index in [1.54, 1.807) is 12.4 Å². The first kappa shape index (κ1) is 10.7. The van der Waals surface area contributed by atoms with E-state index < -0.39 is 0 Å². The molecule has 0 fully saturated rings. The van der Waals surface area contributed by atoms with Gasteiger partial charge in [0.05, 0.1) is 0 Å². The smallest absolute Gasteiger partial charge is 0.159 e. The molecule has 2 nitrogen and oxygen atoms in total. The summed E-state index contributed by atoms with van der Waals surface area (Å²) in [5.74, 6) is 0.775. The van der Waals surface area contributed by atoms with Crippen LogP contribution in [-0.4, -0.2) is 9.97 Å². The number of rotatable bonds is 2. The monoisotopic (exact) mass is 234 g/mol. The van der Waals surface area contributed by atoms with Crippen LogP contribution < -0.4 is 5.30 Å². The number of nitrogens with zero attached hydrogens (tertiary/aromatic N) is 2. The van der Waals surface area contributed by atoms with Gasteiger partial charge in [-0.1, -0.05) is 24.3 Å². The standard InChI is InChI=1S/C11H12N2P2/c14-7-8-1-3-9(4-2-8)11-12-5-10(15)6-13-11/h1-6H,7,14-15H2. The van der Waals surface area contributed by atoms with Crippen LogP contribution in [0.3, 0.4) is 0 Å². The minimum Gasteiger partial charge on any atom is -0.236 e. The van der Waals surface area contributed by atoms with Gasteiger partial charge in [0.15, 0.2) is 5.82 Å². The van der Waals surface area contributed by atoms with Gasteiger partial charge in [0.2, 0.25) is 0 Å². The summed E-state index contributed by atoms with van der Waals surface area (Å²) >= 11 is 0. The van der Waals surface area contributed by atoms with E-state index in [0.717, 1.165) is 22.9 Å². The van der Waals surface area contributed by atoms with E-state index in [0.29, 0.717) is 0 Å². The summed E-state index contributed by atoms with van der Waals surface area (Å²) in [5, 5.41) is 1.00. The fraction of sp³-hybridized carbons (Fsp3) is 0.0909. The molecule has 2 rings (SSSR count). The van der Waals surface area contributed by atoms with Gasteiger partial charge in [-0.05, 0) is 11.7 Å². The SMILES string of the molecule is PCc1ccc(-c2ncc(P)cn2)cc1. The Morgan fingerprint density at radius 2 is 1.60 bits per heavy atom. The molecule has 2 aromatic rings. The van der Waals surface area contributed by atoms with Crippen LogP contribution in [-0.2, 0) is 6.16 Å². The molecule has 2 atom stereocenters. The normalized spacial score (nSPS) is 10.3. The van der Waals surface area contributed by atoms with Crippen LogP contribution >= 0.6 is 18.5 Å². The first-order valence-corrected chi connectivity index (χ1v) is 6.06. The maximum atomic E-state index is 4.27. The number of hydrogen-bond acceptors (Lipinski definition) is 2. The molecule has 2 unspecified atom stereocenters. The molecular weight excluding hydrogens is 222 g/mol. The Kier molecular flexibility index (Phi) is 3.41. The van der Waals surface area contributed by atoms with Gasteiger partial charge in [0, 0.05) is 23.3 Å². The quantitative estimate of drug-likeness (QED) is 0.743. The maximum Gasteiger partial charge on any atom is 0.159 e. The van der Waals surface area contributed by atoms with E-state index in [9.17, 15) is 0 Å². The zero-order valence-corrected chi connectivity index (χ0v) is 10.5. The summed E-state index contributed by atoms with van der Waals surface area (Å²) in [7, 11) is 5.29. The second kappa shape index (κ2) is 4.79. The fourth-order valence-corrected chi connectivity index (χ4v) is 1.70. The topological polar surface area (TPSA) is 25.8 Å². The van der Waals surface area contributed by atoms with Crippen LogP contribution in [0.4, 0.5) is 0 Å². The number of hydrogen-bond donors (Lipinski definition) is 0. The molecule has 0 spiro atoms. The molecule has 1 aromatic heterocycles. The Labute approximate surface area is 94.0 Å². The Bertz CT molecular complexity index is 437. The minimum absolute atomic E-state index is 0.775. The third-order valence-electron chi connectivity index (χ3n) is 2.12. The van der Waals surface area contributed by atoms with Crippen LogP contribution in [0.25, 0.3) is 11.4 Å². The molecule has 0 saturated carbocycles. The van der Waals surface area contributed by atoms with Gasteiger partial charge in [-0.2, -0.15) is 0 Å². The van der Waals surface area contributed by atoms with E-state index in [-0.39, 0.29) is 0 Å². The van der Waals surface area contributed by atoms with Crippen molar-refractivity contribution in [3.63, 3.8) is 0 Å². The van der Waals surface area contributed by atoms with Gasteiger partial charge < -0.3 is 0 Å². The summed E-state index contributed by atoms with van der Waals surface area (Å²) in [6.07, 6.45) is 4.58. The number of benzene rings is 1. The Morgan fingerprint density at radius 3 is 2.13 bits per heavy atom. The van der Waals surface area contributed by atoms with Crippen molar-refractivity contribution in [2.75, 3.05) is 0 Å². The molecule has 0 bridgehead atoms. The third-order valence-corrected chi connectivity index (χ3v) is 2.89. The highest BCUT2D eigenvalue weighted by Gasteiger charge is 1.99. The Balaban J connectivity index is 2.33. The van der Waals surface area contributed by atoms with Gasteiger partial charge in [0.25, 0.3) is 0 Å². The summed E-state index contributed by atoms with van der Waals surface area (Å²) in [6, 6.07) is 8.30. The van der Waals surface area contributed by atoms with Crippen LogP contribution in [0.2, 0.25) is 0 Å². The molecule has 1 aromatic carbocycles. The highest BCUT2D eigenvalue weighted by Crippen LogP contribution is 2.15. The van der Waals surface area contributed by atoms with Crippen LogP contribution in [0, 0.1) is 0 Å². The van der Waals surface area contributed by atoms with Crippen molar-refractivity contribution in [1.82, 2.24) is 9.97 Å². The van der Waals surface area contributed by atoms with Gasteiger partial charge in [-0.15, -0.1) is 18.5 Å². The van der Waals surface area contributed by atoms with Gasteiger partial charge >= 0.3 is 0 Å². The zero-order valence-electron chi connectivity index (χ0n) is 8.22. The molecule has 1 heterocycles. The van der Waals surface area contributed by atoms with E-state index in [4.69, 9.17) is 0 Å². The first-order valence-electron chi connectivity index (χ1n) is 4.66. The first-order chi connectivity index (χ1) is 7.29.